The van der Waals surface area contributed by atoms with E-state index in [-0.39, 0.29) is 15.4 Å². The number of aromatic nitrogens is 4. The van der Waals surface area contributed by atoms with Crippen LogP contribution in [-0.2, 0) is 14.8 Å². The van der Waals surface area contributed by atoms with Gasteiger partial charge in [-0.3, -0.25) is 15.2 Å². The SMILES string of the molecule is COC(=O)Nc1ncc(S(=O)(=O)N2CCN(CC(C)Nc3ncnc4c(-c5cccnc5)cccc34)CC2)s1. The normalized spacial score (nSPS) is 15.6. The van der Waals surface area contributed by atoms with Crippen LogP contribution in [0, 0.1) is 0 Å². The van der Waals surface area contributed by atoms with E-state index in [1.54, 1.807) is 12.5 Å². The van der Waals surface area contributed by atoms with Gasteiger partial charge in [-0.25, -0.2) is 28.2 Å². The van der Waals surface area contributed by atoms with Crippen LogP contribution in [0.1, 0.15) is 6.92 Å². The second-order valence-electron chi connectivity index (χ2n) is 9.02. The number of piperazine rings is 1. The lowest BCUT2D eigenvalue weighted by Gasteiger charge is -2.35. The zero-order chi connectivity index (χ0) is 27.4. The number of nitrogens with zero attached hydrogens (tertiary/aromatic N) is 6. The van der Waals surface area contributed by atoms with Crippen LogP contribution in [0.4, 0.5) is 15.7 Å². The van der Waals surface area contributed by atoms with Gasteiger partial charge in [-0.15, -0.1) is 0 Å². The maximum atomic E-state index is 13.1. The molecule has 1 aliphatic heterocycles. The van der Waals surface area contributed by atoms with Gasteiger partial charge in [0.25, 0.3) is 10.0 Å². The molecule has 1 aliphatic rings. The first-order chi connectivity index (χ1) is 18.8. The van der Waals surface area contributed by atoms with Crippen LogP contribution in [0.3, 0.4) is 0 Å². The van der Waals surface area contributed by atoms with Crippen molar-refractivity contribution in [3.05, 3.63) is 55.2 Å². The third kappa shape index (κ3) is 5.98. The van der Waals surface area contributed by atoms with Crippen molar-refractivity contribution in [2.24, 2.45) is 0 Å². The fourth-order valence-electron chi connectivity index (χ4n) is 4.48. The van der Waals surface area contributed by atoms with Crippen molar-refractivity contribution < 1.29 is 17.9 Å². The van der Waals surface area contributed by atoms with E-state index in [4.69, 9.17) is 0 Å². The quantitative estimate of drug-likeness (QED) is 0.325. The van der Waals surface area contributed by atoms with Gasteiger partial charge in [-0.05, 0) is 19.1 Å². The fourth-order valence-corrected chi connectivity index (χ4v) is 7.07. The molecule has 1 unspecified atom stereocenters. The number of para-hydroxylation sites is 1. The van der Waals surface area contributed by atoms with Crippen LogP contribution in [0.15, 0.2) is 59.5 Å². The van der Waals surface area contributed by atoms with Crippen LogP contribution in [0.2, 0.25) is 0 Å². The third-order valence-electron chi connectivity index (χ3n) is 6.36. The summed E-state index contributed by atoms with van der Waals surface area (Å²) in [5, 5.41) is 7.00. The molecule has 5 rings (SSSR count). The zero-order valence-electron chi connectivity index (χ0n) is 21.4. The van der Waals surface area contributed by atoms with Crippen molar-refractivity contribution in [2.45, 2.75) is 17.2 Å². The molecular formula is C25H28N8O4S2. The third-order valence-corrected chi connectivity index (χ3v) is 9.60. The molecule has 0 spiro atoms. The Balaban J connectivity index is 1.20. The molecule has 14 heteroatoms. The first-order valence-corrected chi connectivity index (χ1v) is 14.5. The van der Waals surface area contributed by atoms with E-state index in [1.807, 2.05) is 36.5 Å². The highest BCUT2D eigenvalue weighted by molar-refractivity contribution is 7.91. The van der Waals surface area contributed by atoms with E-state index in [0.717, 1.165) is 45.7 Å². The van der Waals surface area contributed by atoms with Crippen LogP contribution >= 0.6 is 11.3 Å². The van der Waals surface area contributed by atoms with Crippen LogP contribution in [0.5, 0.6) is 0 Å². The Bertz CT molecular complexity index is 1560. The molecule has 0 bridgehead atoms. The Hall–Kier alpha value is -3.72. The van der Waals surface area contributed by atoms with E-state index in [1.165, 1.54) is 17.6 Å². The van der Waals surface area contributed by atoms with Gasteiger partial charge in [0.1, 0.15) is 12.1 Å². The molecule has 1 fully saturated rings. The molecule has 0 saturated carbocycles. The number of carbonyl (C=O) groups is 1. The van der Waals surface area contributed by atoms with Crippen LogP contribution < -0.4 is 10.6 Å². The van der Waals surface area contributed by atoms with Gasteiger partial charge >= 0.3 is 6.09 Å². The molecule has 1 aromatic carbocycles. The molecule has 204 valence electrons. The molecule has 12 nitrogen and oxygen atoms in total. The largest absolute Gasteiger partial charge is 0.453 e. The Morgan fingerprint density at radius 1 is 1.10 bits per heavy atom. The molecule has 1 amide bonds. The molecule has 1 saturated heterocycles. The highest BCUT2D eigenvalue weighted by Crippen LogP contribution is 2.30. The van der Waals surface area contributed by atoms with E-state index in [2.05, 4.69) is 47.1 Å². The first kappa shape index (κ1) is 26.9. The van der Waals surface area contributed by atoms with Crippen molar-refractivity contribution in [1.82, 2.24) is 29.1 Å². The Morgan fingerprint density at radius 2 is 1.92 bits per heavy atom. The summed E-state index contributed by atoms with van der Waals surface area (Å²) < 4.78 is 32.2. The molecule has 0 aliphatic carbocycles. The maximum Gasteiger partial charge on any atom is 0.413 e. The highest BCUT2D eigenvalue weighted by atomic mass is 32.2. The topological polar surface area (TPSA) is 143 Å². The smallest absolute Gasteiger partial charge is 0.413 e. The average molecular weight is 569 g/mol. The lowest BCUT2D eigenvalue weighted by atomic mass is 10.0. The second-order valence-corrected chi connectivity index (χ2v) is 12.2. The van der Waals surface area contributed by atoms with Gasteiger partial charge < -0.3 is 10.1 Å². The molecule has 3 aromatic heterocycles. The standard InChI is InChI=1S/C25H28N8O4S2/c1-17(30-23-20-7-3-6-19(22(20)28-16-29-23)18-5-4-8-26-13-18)15-32-9-11-33(12-10-32)39(35,36)21-14-27-24(38-21)31-25(34)37-2/h3-8,13-14,16-17H,9-12,15H2,1-2H3,(H,27,31,34)(H,28,29,30). The summed E-state index contributed by atoms with van der Waals surface area (Å²) in [4.78, 5) is 30.8. The monoisotopic (exact) mass is 568 g/mol. The number of amides is 1. The summed E-state index contributed by atoms with van der Waals surface area (Å²) in [6, 6.07) is 9.98. The summed E-state index contributed by atoms with van der Waals surface area (Å²) in [5.74, 6) is 0.751. The molecular weight excluding hydrogens is 540 g/mol. The van der Waals surface area contributed by atoms with Gasteiger partial charge in [0, 0.05) is 67.7 Å². The van der Waals surface area contributed by atoms with E-state index in [0.29, 0.717) is 26.2 Å². The van der Waals surface area contributed by atoms with Crippen LogP contribution in [0.25, 0.3) is 22.0 Å². The first-order valence-electron chi connectivity index (χ1n) is 12.3. The number of anilines is 2. The number of carbonyl (C=O) groups excluding carboxylic acids is 1. The number of benzene rings is 1. The molecule has 39 heavy (non-hydrogen) atoms. The molecule has 4 aromatic rings. The van der Waals surface area contributed by atoms with Crippen molar-refractivity contribution in [1.29, 1.82) is 0 Å². The van der Waals surface area contributed by atoms with Gasteiger partial charge in [0.15, 0.2) is 9.34 Å². The number of sulfonamides is 1. The predicted molar refractivity (Wildman–Crippen MR) is 149 cm³/mol. The summed E-state index contributed by atoms with van der Waals surface area (Å²) in [6.07, 6.45) is 5.68. The number of rotatable bonds is 8. The number of pyridine rings is 1. The zero-order valence-corrected chi connectivity index (χ0v) is 23.1. The number of hydrogen-bond acceptors (Lipinski definition) is 11. The minimum atomic E-state index is -3.70. The van der Waals surface area contributed by atoms with E-state index >= 15 is 0 Å². The summed E-state index contributed by atoms with van der Waals surface area (Å²) in [5.41, 5.74) is 2.83. The van der Waals surface area contributed by atoms with Gasteiger partial charge in [0.05, 0.1) is 18.8 Å². The van der Waals surface area contributed by atoms with Gasteiger partial charge in [0.2, 0.25) is 0 Å². The van der Waals surface area contributed by atoms with Gasteiger partial charge in [-0.1, -0.05) is 29.5 Å². The minimum absolute atomic E-state index is 0.0572. The molecule has 4 heterocycles. The Morgan fingerprint density at radius 3 is 2.67 bits per heavy atom. The maximum absolute atomic E-state index is 13.1. The van der Waals surface area contributed by atoms with Crippen molar-refractivity contribution in [3.8, 4) is 11.1 Å². The second kappa shape index (κ2) is 11.6. The number of nitrogens with one attached hydrogen (secondary N) is 2. The minimum Gasteiger partial charge on any atom is -0.453 e. The Kier molecular flexibility index (Phi) is 7.97. The average Bonchev–Trinajstić information content (AvgIpc) is 3.43. The number of methoxy groups -OCH3 is 1. The molecule has 1 atom stereocenters. The van der Waals surface area contributed by atoms with Gasteiger partial charge in [-0.2, -0.15) is 4.31 Å². The lowest BCUT2D eigenvalue weighted by Crippen LogP contribution is -2.50. The predicted octanol–water partition coefficient (Wildman–Crippen LogP) is 3.13. The summed E-state index contributed by atoms with van der Waals surface area (Å²) >= 11 is 0.898. The summed E-state index contributed by atoms with van der Waals surface area (Å²) in [6.45, 7) is 4.69. The highest BCUT2D eigenvalue weighted by Gasteiger charge is 2.31. The van der Waals surface area contributed by atoms with E-state index < -0.39 is 16.1 Å². The number of thiazole rings is 1. The number of ether oxygens (including phenoxy) is 1. The number of hydrogen-bond donors (Lipinski definition) is 2. The Labute approximate surface area is 230 Å². The lowest BCUT2D eigenvalue weighted by molar-refractivity contribution is 0.184. The summed E-state index contributed by atoms with van der Waals surface area (Å²) in [7, 11) is -2.47. The van der Waals surface area contributed by atoms with Crippen molar-refractivity contribution in [2.75, 3.05) is 50.5 Å². The molecule has 2 N–H and O–H groups in total. The molecule has 0 radical (unpaired) electrons. The van der Waals surface area contributed by atoms with Crippen molar-refractivity contribution >= 4 is 49.3 Å². The fraction of sp³-hybridized carbons (Fsp3) is 0.320. The van der Waals surface area contributed by atoms with E-state index in [9.17, 15) is 13.2 Å². The van der Waals surface area contributed by atoms with Crippen LogP contribution in [-0.4, -0.2) is 89.5 Å². The number of fused-ring (bicyclic) bond motifs is 1. The van der Waals surface area contributed by atoms with Crippen molar-refractivity contribution in [3.63, 3.8) is 0 Å².